The molecule has 1 aromatic heterocycles. The molecule has 0 unspecified atom stereocenters. The van der Waals surface area contributed by atoms with Crippen LogP contribution in [0, 0.1) is 12.3 Å². The highest BCUT2D eigenvalue weighted by atomic mass is 16.1. The summed E-state index contributed by atoms with van der Waals surface area (Å²) in [5, 5.41) is 7.16. The van der Waals surface area contributed by atoms with Crippen LogP contribution in [0.4, 0.5) is 0 Å². The van der Waals surface area contributed by atoms with Gasteiger partial charge in [0.1, 0.15) is 5.82 Å². The van der Waals surface area contributed by atoms with Gasteiger partial charge in [0.2, 0.25) is 0 Å². The van der Waals surface area contributed by atoms with Crippen molar-refractivity contribution < 1.29 is 0 Å². The second kappa shape index (κ2) is 4.25. The first kappa shape index (κ1) is 11.4. The molecule has 1 heterocycles. The van der Waals surface area contributed by atoms with Crippen LogP contribution in [0.15, 0.2) is 11.0 Å². The summed E-state index contributed by atoms with van der Waals surface area (Å²) >= 11 is 0. The monoisotopic (exact) mass is 208 g/mol. The minimum Gasteiger partial charge on any atom is -0.387 e. The Labute approximate surface area is 88.5 Å². The summed E-state index contributed by atoms with van der Waals surface area (Å²) in [5.41, 5.74) is 5.63. The number of nitrogens with one attached hydrogen (secondary N) is 1. The molecule has 0 aromatic carbocycles. The van der Waals surface area contributed by atoms with E-state index in [4.69, 9.17) is 11.1 Å². The van der Waals surface area contributed by atoms with Gasteiger partial charge in [-0.2, -0.15) is 0 Å². The predicted octanol–water partition coefficient (Wildman–Crippen LogP) is 0.611. The Balaban J connectivity index is 3.29. The molecule has 0 saturated carbocycles. The van der Waals surface area contributed by atoms with Crippen LogP contribution in [0.3, 0.4) is 0 Å². The Kier molecular flexibility index (Phi) is 3.24. The maximum atomic E-state index is 11.9. The molecule has 0 amide bonds. The first-order valence-electron chi connectivity index (χ1n) is 4.83. The molecule has 5 heteroatoms. The molecule has 0 aliphatic heterocycles. The summed E-state index contributed by atoms with van der Waals surface area (Å²) < 4.78 is 1.61. The van der Waals surface area contributed by atoms with Crippen LogP contribution in [-0.2, 0) is 6.42 Å². The summed E-state index contributed by atoms with van der Waals surface area (Å²) in [7, 11) is 0. The van der Waals surface area contributed by atoms with E-state index in [1.807, 2.05) is 13.8 Å². The number of aryl methyl sites for hydroxylation is 1. The molecule has 1 rings (SSSR count). The highest BCUT2D eigenvalue weighted by molar-refractivity contribution is 5.79. The van der Waals surface area contributed by atoms with Crippen LogP contribution in [0.1, 0.15) is 31.3 Å². The van der Waals surface area contributed by atoms with Crippen LogP contribution in [-0.4, -0.2) is 15.4 Å². The molecule has 1 aromatic rings. The van der Waals surface area contributed by atoms with Crippen molar-refractivity contribution in [3.8, 4) is 0 Å². The van der Waals surface area contributed by atoms with Crippen molar-refractivity contribution in [3.63, 3.8) is 0 Å². The van der Waals surface area contributed by atoms with Crippen molar-refractivity contribution in [1.82, 2.24) is 9.55 Å². The molecule has 0 radical (unpaired) electrons. The molecule has 0 aliphatic carbocycles. The van der Waals surface area contributed by atoms with E-state index in [1.165, 1.54) is 6.20 Å². The zero-order valence-corrected chi connectivity index (χ0v) is 9.24. The number of rotatable bonds is 3. The van der Waals surface area contributed by atoms with Crippen LogP contribution in [0.2, 0.25) is 0 Å². The molecule has 3 N–H and O–H groups in total. The van der Waals surface area contributed by atoms with Gasteiger partial charge in [-0.05, 0) is 20.8 Å². The lowest BCUT2D eigenvalue weighted by Crippen LogP contribution is -2.30. The lowest BCUT2D eigenvalue weighted by molar-refractivity contribution is 0.544. The molecular weight excluding hydrogens is 192 g/mol. The van der Waals surface area contributed by atoms with Gasteiger partial charge in [0.15, 0.2) is 0 Å². The predicted molar refractivity (Wildman–Crippen MR) is 59.2 cm³/mol. The lowest BCUT2D eigenvalue weighted by Gasteiger charge is -2.13. The quantitative estimate of drug-likeness (QED) is 0.563. The lowest BCUT2D eigenvalue weighted by atomic mass is 10.2. The third-order valence-electron chi connectivity index (χ3n) is 2.15. The number of aromatic nitrogens is 2. The third kappa shape index (κ3) is 2.43. The Morgan fingerprint density at radius 2 is 2.27 bits per heavy atom. The van der Waals surface area contributed by atoms with E-state index in [2.05, 4.69) is 4.98 Å². The van der Waals surface area contributed by atoms with E-state index in [0.29, 0.717) is 11.4 Å². The van der Waals surface area contributed by atoms with Gasteiger partial charge in [-0.15, -0.1) is 0 Å². The van der Waals surface area contributed by atoms with Crippen molar-refractivity contribution in [2.75, 3.05) is 0 Å². The summed E-state index contributed by atoms with van der Waals surface area (Å²) in [4.78, 5) is 16.1. The fourth-order valence-corrected chi connectivity index (χ4v) is 1.53. The van der Waals surface area contributed by atoms with Gasteiger partial charge in [0.05, 0.1) is 5.84 Å². The first-order chi connectivity index (χ1) is 6.93. The normalized spacial score (nSPS) is 10.7. The average Bonchev–Trinajstić information content (AvgIpc) is 2.09. The number of hydrogen-bond acceptors (Lipinski definition) is 3. The Bertz CT molecular complexity index is 434. The van der Waals surface area contributed by atoms with E-state index >= 15 is 0 Å². The fraction of sp³-hybridized carbons (Fsp3) is 0.500. The minimum absolute atomic E-state index is 0.0203. The van der Waals surface area contributed by atoms with E-state index in [9.17, 15) is 4.79 Å². The molecule has 15 heavy (non-hydrogen) atoms. The van der Waals surface area contributed by atoms with Gasteiger partial charge in [-0.3, -0.25) is 14.8 Å². The zero-order chi connectivity index (χ0) is 11.6. The van der Waals surface area contributed by atoms with Crippen molar-refractivity contribution in [3.05, 3.63) is 27.9 Å². The third-order valence-corrected chi connectivity index (χ3v) is 2.15. The number of amidine groups is 1. The van der Waals surface area contributed by atoms with Gasteiger partial charge in [0.25, 0.3) is 5.56 Å². The molecular formula is C10H16N4O. The fourth-order valence-electron chi connectivity index (χ4n) is 1.53. The molecule has 0 saturated heterocycles. The first-order valence-corrected chi connectivity index (χ1v) is 4.83. The van der Waals surface area contributed by atoms with Crippen LogP contribution in [0.5, 0.6) is 0 Å². The van der Waals surface area contributed by atoms with E-state index in [1.54, 1.807) is 11.5 Å². The summed E-state index contributed by atoms with van der Waals surface area (Å²) in [6.45, 7) is 5.64. The second-order valence-electron chi connectivity index (χ2n) is 3.80. The number of nitrogens with two attached hydrogens (primary N) is 1. The van der Waals surface area contributed by atoms with Gasteiger partial charge in [-0.1, -0.05) is 0 Å². The zero-order valence-electron chi connectivity index (χ0n) is 9.24. The highest BCUT2D eigenvalue weighted by Gasteiger charge is 2.10. The molecule has 82 valence electrons. The average molecular weight is 208 g/mol. The van der Waals surface area contributed by atoms with Gasteiger partial charge in [-0.25, -0.2) is 4.98 Å². The molecule has 0 bridgehead atoms. The number of nitrogens with zero attached hydrogens (tertiary/aromatic N) is 2. The standard InChI is InChI=1S/C10H16N4O/c1-6(2)14-7(3)13-5-8(10(14)15)4-9(11)12/h5-6H,4H2,1-3H3,(H3,11,12). The summed E-state index contributed by atoms with van der Waals surface area (Å²) in [6.07, 6.45) is 1.66. The van der Waals surface area contributed by atoms with Crippen LogP contribution < -0.4 is 11.3 Å². The molecule has 0 fully saturated rings. The van der Waals surface area contributed by atoms with Crippen molar-refractivity contribution in [1.29, 1.82) is 5.41 Å². The minimum atomic E-state index is -0.104. The molecule has 5 nitrogen and oxygen atoms in total. The smallest absolute Gasteiger partial charge is 0.257 e. The molecule has 0 aliphatic rings. The summed E-state index contributed by atoms with van der Waals surface area (Å²) in [6, 6.07) is 0.0666. The topological polar surface area (TPSA) is 84.8 Å². The maximum Gasteiger partial charge on any atom is 0.257 e. The maximum absolute atomic E-state index is 11.9. The Hall–Kier alpha value is -1.65. The largest absolute Gasteiger partial charge is 0.387 e. The van der Waals surface area contributed by atoms with Crippen molar-refractivity contribution >= 4 is 5.84 Å². The van der Waals surface area contributed by atoms with Crippen LogP contribution in [0.25, 0.3) is 0 Å². The molecule has 0 atom stereocenters. The van der Waals surface area contributed by atoms with Crippen molar-refractivity contribution in [2.24, 2.45) is 5.73 Å². The number of hydrogen-bond donors (Lipinski definition) is 2. The van der Waals surface area contributed by atoms with E-state index in [0.717, 1.165) is 0 Å². The van der Waals surface area contributed by atoms with Gasteiger partial charge >= 0.3 is 0 Å². The second-order valence-corrected chi connectivity index (χ2v) is 3.80. The van der Waals surface area contributed by atoms with Gasteiger partial charge in [0, 0.05) is 24.2 Å². The van der Waals surface area contributed by atoms with Gasteiger partial charge < -0.3 is 5.73 Å². The van der Waals surface area contributed by atoms with E-state index < -0.39 is 0 Å². The van der Waals surface area contributed by atoms with Crippen molar-refractivity contribution in [2.45, 2.75) is 33.2 Å². The Morgan fingerprint density at radius 3 is 2.73 bits per heavy atom. The SMILES string of the molecule is Cc1ncc(CC(=N)N)c(=O)n1C(C)C. The van der Waals surface area contributed by atoms with E-state index in [-0.39, 0.29) is 23.9 Å². The van der Waals surface area contributed by atoms with Crippen LogP contribution >= 0.6 is 0 Å². The highest BCUT2D eigenvalue weighted by Crippen LogP contribution is 2.03. The Morgan fingerprint density at radius 1 is 1.67 bits per heavy atom. The summed E-state index contributed by atoms with van der Waals surface area (Å²) in [5.74, 6) is 0.662. The molecule has 0 spiro atoms.